The molecule has 0 spiro atoms. The third-order valence-corrected chi connectivity index (χ3v) is 3.96. The van der Waals surface area contributed by atoms with Gasteiger partial charge in [-0.25, -0.2) is 14.5 Å². The molecule has 0 unspecified atom stereocenters. The predicted octanol–water partition coefficient (Wildman–Crippen LogP) is 1.02. The Bertz CT molecular complexity index is 927. The van der Waals surface area contributed by atoms with Crippen molar-refractivity contribution in [1.29, 1.82) is 0 Å². The van der Waals surface area contributed by atoms with Crippen LogP contribution in [-0.4, -0.2) is 39.1 Å². The van der Waals surface area contributed by atoms with Gasteiger partial charge in [-0.3, -0.25) is 9.36 Å². The number of aryl methyl sites for hydroxylation is 2. The van der Waals surface area contributed by atoms with Crippen LogP contribution in [0.2, 0.25) is 0 Å². The Balaban J connectivity index is 2.06. The molecule has 0 aliphatic heterocycles. The summed E-state index contributed by atoms with van der Waals surface area (Å²) < 4.78 is 6.17. The molecule has 4 rings (SSSR count). The van der Waals surface area contributed by atoms with E-state index in [4.69, 9.17) is 0 Å². The van der Waals surface area contributed by atoms with E-state index in [0.29, 0.717) is 5.82 Å². The number of hydrogen-bond donors (Lipinski definition) is 0. The zero-order chi connectivity index (χ0) is 13.9. The molecule has 4 aromatic heterocycles. The molecule has 0 N–H and O–H groups in total. The molecular formula is C11H9IN8. The fraction of sp³-hybridized carbons (Fsp3) is 0.182. The minimum atomic E-state index is 0.632. The van der Waals surface area contributed by atoms with Gasteiger partial charge >= 0.3 is 0 Å². The Morgan fingerprint density at radius 2 is 1.85 bits per heavy atom. The van der Waals surface area contributed by atoms with Gasteiger partial charge in [0.05, 0.1) is 21.4 Å². The molecular weight excluding hydrogens is 371 g/mol. The molecule has 4 aromatic rings. The van der Waals surface area contributed by atoms with Crippen LogP contribution in [0.4, 0.5) is 0 Å². The summed E-state index contributed by atoms with van der Waals surface area (Å²) in [5.74, 6) is 0.632. The van der Waals surface area contributed by atoms with E-state index in [1.807, 2.05) is 14.1 Å². The van der Waals surface area contributed by atoms with Gasteiger partial charge in [0.15, 0.2) is 11.3 Å². The first kappa shape index (κ1) is 11.8. The fourth-order valence-corrected chi connectivity index (χ4v) is 2.92. The average Bonchev–Trinajstić information content (AvgIpc) is 3.07. The molecule has 0 aliphatic carbocycles. The van der Waals surface area contributed by atoms with Crippen LogP contribution in [-0.2, 0) is 14.1 Å². The molecule has 0 aromatic carbocycles. The number of hydrogen-bond acceptors (Lipinski definition) is 5. The zero-order valence-corrected chi connectivity index (χ0v) is 12.8. The molecule has 9 heteroatoms. The SMILES string of the molecule is Cn1ncc(I)c1-c1nc2c3cnn(C)c3ncn2n1. The van der Waals surface area contributed by atoms with Crippen LogP contribution in [0.15, 0.2) is 18.7 Å². The summed E-state index contributed by atoms with van der Waals surface area (Å²) in [6, 6.07) is 0. The summed E-state index contributed by atoms with van der Waals surface area (Å²) in [5, 5.41) is 13.8. The highest BCUT2D eigenvalue weighted by Gasteiger charge is 2.16. The van der Waals surface area contributed by atoms with E-state index in [2.05, 4.69) is 47.9 Å². The van der Waals surface area contributed by atoms with Crippen LogP contribution in [0.5, 0.6) is 0 Å². The lowest BCUT2D eigenvalue weighted by Crippen LogP contribution is -1.96. The van der Waals surface area contributed by atoms with Crippen LogP contribution in [0.3, 0.4) is 0 Å². The summed E-state index contributed by atoms with van der Waals surface area (Å²) in [5.41, 5.74) is 2.43. The lowest BCUT2D eigenvalue weighted by atomic mass is 10.4. The largest absolute Gasteiger partial charge is 0.264 e. The van der Waals surface area contributed by atoms with Crippen molar-refractivity contribution in [2.24, 2.45) is 14.1 Å². The summed E-state index contributed by atoms with van der Waals surface area (Å²) in [6.45, 7) is 0. The van der Waals surface area contributed by atoms with E-state index in [-0.39, 0.29) is 0 Å². The smallest absolute Gasteiger partial charge is 0.201 e. The van der Waals surface area contributed by atoms with E-state index in [9.17, 15) is 0 Å². The maximum absolute atomic E-state index is 4.61. The van der Waals surface area contributed by atoms with Crippen LogP contribution in [0.1, 0.15) is 0 Å². The first-order valence-corrected chi connectivity index (χ1v) is 6.94. The lowest BCUT2D eigenvalue weighted by Gasteiger charge is -1.95. The van der Waals surface area contributed by atoms with E-state index >= 15 is 0 Å². The van der Waals surface area contributed by atoms with Gasteiger partial charge < -0.3 is 0 Å². The van der Waals surface area contributed by atoms with Crippen molar-refractivity contribution >= 4 is 39.3 Å². The molecule has 0 bridgehead atoms. The van der Waals surface area contributed by atoms with E-state index in [1.54, 1.807) is 32.6 Å². The number of aromatic nitrogens is 8. The first-order valence-electron chi connectivity index (χ1n) is 5.86. The highest BCUT2D eigenvalue weighted by Crippen LogP contribution is 2.23. The highest BCUT2D eigenvalue weighted by atomic mass is 127. The van der Waals surface area contributed by atoms with Gasteiger partial charge in [0.2, 0.25) is 5.82 Å². The average molecular weight is 380 g/mol. The first-order chi connectivity index (χ1) is 9.65. The Morgan fingerprint density at radius 1 is 1.05 bits per heavy atom. The highest BCUT2D eigenvalue weighted by molar-refractivity contribution is 14.1. The number of halogens is 1. The van der Waals surface area contributed by atoms with Crippen molar-refractivity contribution in [3.8, 4) is 11.5 Å². The summed E-state index contributed by atoms with van der Waals surface area (Å²) >= 11 is 2.23. The van der Waals surface area contributed by atoms with Crippen molar-refractivity contribution in [2.75, 3.05) is 0 Å². The van der Waals surface area contributed by atoms with E-state index in [0.717, 1.165) is 25.9 Å². The molecule has 0 radical (unpaired) electrons. The molecule has 20 heavy (non-hydrogen) atoms. The van der Waals surface area contributed by atoms with Gasteiger partial charge in [-0.15, -0.1) is 5.10 Å². The van der Waals surface area contributed by atoms with E-state index in [1.165, 1.54) is 0 Å². The van der Waals surface area contributed by atoms with Gasteiger partial charge in [0.1, 0.15) is 12.0 Å². The Hall–Kier alpha value is -2.04. The molecule has 0 saturated heterocycles. The van der Waals surface area contributed by atoms with Crippen molar-refractivity contribution in [3.05, 3.63) is 22.3 Å². The molecule has 0 saturated carbocycles. The third kappa shape index (κ3) is 1.49. The van der Waals surface area contributed by atoms with Crippen LogP contribution in [0.25, 0.3) is 28.2 Å². The van der Waals surface area contributed by atoms with Gasteiger partial charge in [0, 0.05) is 14.1 Å². The third-order valence-electron chi connectivity index (χ3n) is 3.17. The van der Waals surface area contributed by atoms with Gasteiger partial charge in [-0.1, -0.05) is 0 Å². The minimum absolute atomic E-state index is 0.632. The van der Waals surface area contributed by atoms with E-state index < -0.39 is 0 Å². The summed E-state index contributed by atoms with van der Waals surface area (Å²) in [7, 11) is 3.73. The van der Waals surface area contributed by atoms with Crippen molar-refractivity contribution in [1.82, 2.24) is 39.1 Å². The quantitative estimate of drug-likeness (QED) is 0.461. The molecule has 0 aliphatic rings. The molecule has 0 atom stereocenters. The molecule has 4 heterocycles. The Kier molecular flexibility index (Phi) is 2.34. The Morgan fingerprint density at radius 3 is 2.60 bits per heavy atom. The zero-order valence-electron chi connectivity index (χ0n) is 10.7. The Labute approximate surface area is 126 Å². The monoisotopic (exact) mass is 380 g/mol. The van der Waals surface area contributed by atoms with Crippen LogP contribution in [0, 0.1) is 3.57 Å². The normalized spacial score (nSPS) is 11.8. The number of rotatable bonds is 1. The van der Waals surface area contributed by atoms with Crippen LogP contribution < -0.4 is 0 Å². The molecule has 0 amide bonds. The van der Waals surface area contributed by atoms with Gasteiger partial charge in [0.25, 0.3) is 0 Å². The van der Waals surface area contributed by atoms with Gasteiger partial charge in [-0.2, -0.15) is 10.2 Å². The van der Waals surface area contributed by atoms with Crippen LogP contribution >= 0.6 is 22.6 Å². The van der Waals surface area contributed by atoms with Crippen molar-refractivity contribution in [3.63, 3.8) is 0 Å². The maximum atomic E-state index is 4.61. The molecule has 8 nitrogen and oxygen atoms in total. The summed E-state index contributed by atoms with van der Waals surface area (Å²) in [6.07, 6.45) is 5.20. The second kappa shape index (κ2) is 3.98. The maximum Gasteiger partial charge on any atom is 0.201 e. The second-order valence-electron chi connectivity index (χ2n) is 4.42. The fourth-order valence-electron chi connectivity index (χ4n) is 2.20. The second-order valence-corrected chi connectivity index (χ2v) is 5.58. The minimum Gasteiger partial charge on any atom is -0.264 e. The lowest BCUT2D eigenvalue weighted by molar-refractivity contribution is 0.767. The molecule has 100 valence electrons. The predicted molar refractivity (Wildman–Crippen MR) is 80.0 cm³/mol. The number of nitrogens with zero attached hydrogens (tertiary/aromatic N) is 8. The standard InChI is InChI=1S/C11H9IN8/c1-18-8(7(12)4-15-18)9-16-11-6-3-14-19(2)10(6)13-5-20(11)17-9/h3-5H,1-2H3. The van der Waals surface area contributed by atoms with Crippen molar-refractivity contribution in [2.45, 2.75) is 0 Å². The van der Waals surface area contributed by atoms with Gasteiger partial charge in [-0.05, 0) is 22.6 Å². The number of fused-ring (bicyclic) bond motifs is 3. The summed E-state index contributed by atoms with van der Waals surface area (Å²) in [4.78, 5) is 8.96. The topological polar surface area (TPSA) is 78.7 Å². The van der Waals surface area contributed by atoms with Crippen molar-refractivity contribution < 1.29 is 0 Å². The molecule has 0 fully saturated rings.